The summed E-state index contributed by atoms with van der Waals surface area (Å²) in [5.41, 5.74) is 7.01. The number of hydrogen-bond donors (Lipinski definition) is 3. The van der Waals surface area contributed by atoms with Crippen molar-refractivity contribution < 1.29 is 15.0 Å². The lowest BCUT2D eigenvalue weighted by molar-refractivity contribution is -0.136. The van der Waals surface area contributed by atoms with E-state index >= 15 is 0 Å². The van der Waals surface area contributed by atoms with Crippen molar-refractivity contribution in [3.63, 3.8) is 0 Å². The summed E-state index contributed by atoms with van der Waals surface area (Å²) in [5.74, 6) is -0.936. The van der Waals surface area contributed by atoms with E-state index in [0.29, 0.717) is 12.0 Å². The van der Waals surface area contributed by atoms with Gasteiger partial charge in [-0.05, 0) is 25.0 Å². The quantitative estimate of drug-likeness (QED) is 0.688. The monoisotopic (exact) mass is 209 g/mol. The van der Waals surface area contributed by atoms with E-state index in [1.807, 2.05) is 6.92 Å². The Morgan fingerprint density at radius 3 is 2.73 bits per heavy atom. The average Bonchev–Trinajstić information content (AvgIpc) is 2.09. The number of aromatic hydroxyl groups is 1. The Kier molecular flexibility index (Phi) is 3.68. The molecule has 82 valence electrons. The highest BCUT2D eigenvalue weighted by Gasteiger charge is 2.08. The van der Waals surface area contributed by atoms with Gasteiger partial charge in [-0.3, -0.25) is 4.79 Å². The van der Waals surface area contributed by atoms with Crippen LogP contribution in [0.3, 0.4) is 0 Å². The van der Waals surface area contributed by atoms with Crippen molar-refractivity contribution in [2.75, 3.05) is 0 Å². The molecule has 1 aromatic rings. The van der Waals surface area contributed by atoms with Crippen LogP contribution in [-0.2, 0) is 17.6 Å². The van der Waals surface area contributed by atoms with Crippen LogP contribution in [0.4, 0.5) is 0 Å². The maximum Gasteiger partial charge on any atom is 0.307 e. The van der Waals surface area contributed by atoms with Gasteiger partial charge in [-0.25, -0.2) is 0 Å². The molecule has 0 saturated carbocycles. The molecule has 1 aromatic carbocycles. The molecule has 4 heteroatoms. The van der Waals surface area contributed by atoms with Crippen molar-refractivity contribution >= 4 is 5.97 Å². The Balaban J connectivity index is 2.89. The van der Waals surface area contributed by atoms with Gasteiger partial charge in [-0.2, -0.15) is 0 Å². The van der Waals surface area contributed by atoms with Crippen LogP contribution < -0.4 is 5.73 Å². The van der Waals surface area contributed by atoms with E-state index in [9.17, 15) is 9.90 Å². The third-order valence-electron chi connectivity index (χ3n) is 2.04. The molecule has 0 amide bonds. The van der Waals surface area contributed by atoms with Crippen LogP contribution >= 0.6 is 0 Å². The molecular formula is C11H15NO3. The third-order valence-corrected chi connectivity index (χ3v) is 2.04. The van der Waals surface area contributed by atoms with E-state index in [-0.39, 0.29) is 18.2 Å². The Labute approximate surface area is 88.3 Å². The fourth-order valence-corrected chi connectivity index (χ4v) is 1.44. The predicted octanol–water partition coefficient (Wildman–Crippen LogP) is 0.909. The molecule has 4 N–H and O–H groups in total. The lowest BCUT2D eigenvalue weighted by Crippen LogP contribution is -2.17. The number of carboxylic acid groups (broad SMARTS) is 1. The van der Waals surface area contributed by atoms with E-state index in [4.69, 9.17) is 10.8 Å². The van der Waals surface area contributed by atoms with Gasteiger partial charge < -0.3 is 15.9 Å². The SMILES string of the molecule is CC(N)Cc1ccc(O)c(CC(=O)O)c1. The fraction of sp³-hybridized carbons (Fsp3) is 0.364. The minimum absolute atomic E-state index is 0.0193. The molecule has 0 aliphatic rings. The van der Waals surface area contributed by atoms with E-state index in [1.165, 1.54) is 6.07 Å². The van der Waals surface area contributed by atoms with Gasteiger partial charge in [0.1, 0.15) is 5.75 Å². The van der Waals surface area contributed by atoms with Gasteiger partial charge in [0.25, 0.3) is 0 Å². The van der Waals surface area contributed by atoms with E-state index in [1.54, 1.807) is 12.1 Å². The van der Waals surface area contributed by atoms with Crippen LogP contribution in [-0.4, -0.2) is 22.2 Å². The second-order valence-electron chi connectivity index (χ2n) is 3.71. The van der Waals surface area contributed by atoms with Gasteiger partial charge in [0.05, 0.1) is 6.42 Å². The van der Waals surface area contributed by atoms with Crippen LogP contribution in [0.1, 0.15) is 18.1 Å². The molecule has 0 radical (unpaired) electrons. The molecule has 0 saturated heterocycles. The maximum absolute atomic E-state index is 10.5. The Bertz CT molecular complexity index is 361. The molecule has 0 spiro atoms. The third kappa shape index (κ3) is 3.59. The first-order valence-corrected chi connectivity index (χ1v) is 4.77. The van der Waals surface area contributed by atoms with Crippen LogP contribution in [0.5, 0.6) is 5.75 Å². The molecule has 15 heavy (non-hydrogen) atoms. The number of nitrogens with two attached hydrogens (primary N) is 1. The number of rotatable bonds is 4. The highest BCUT2D eigenvalue weighted by Crippen LogP contribution is 2.19. The van der Waals surface area contributed by atoms with Crippen molar-refractivity contribution in [1.29, 1.82) is 0 Å². The smallest absolute Gasteiger partial charge is 0.307 e. The molecule has 1 unspecified atom stereocenters. The number of aliphatic carboxylic acids is 1. The summed E-state index contributed by atoms with van der Waals surface area (Å²) >= 11 is 0. The summed E-state index contributed by atoms with van der Waals surface area (Å²) in [5, 5.41) is 18.1. The van der Waals surface area contributed by atoms with E-state index in [2.05, 4.69) is 0 Å². The summed E-state index contributed by atoms with van der Waals surface area (Å²) in [4.78, 5) is 10.5. The summed E-state index contributed by atoms with van der Waals surface area (Å²) < 4.78 is 0. The van der Waals surface area contributed by atoms with Gasteiger partial charge in [0.15, 0.2) is 0 Å². The molecule has 0 aliphatic heterocycles. The maximum atomic E-state index is 10.5. The minimum Gasteiger partial charge on any atom is -0.508 e. The van der Waals surface area contributed by atoms with Crippen molar-refractivity contribution in [2.24, 2.45) is 5.73 Å². The van der Waals surface area contributed by atoms with Crippen LogP contribution in [0, 0.1) is 0 Å². The standard InChI is InChI=1S/C11H15NO3/c1-7(12)4-8-2-3-10(13)9(5-8)6-11(14)15/h2-3,5,7,13H,4,6,12H2,1H3,(H,14,15). The molecule has 4 nitrogen and oxygen atoms in total. The van der Waals surface area contributed by atoms with Crippen molar-refractivity contribution in [2.45, 2.75) is 25.8 Å². The van der Waals surface area contributed by atoms with E-state index in [0.717, 1.165) is 5.56 Å². The number of carboxylic acids is 1. The molecule has 0 heterocycles. The molecule has 0 fully saturated rings. The molecule has 0 bridgehead atoms. The fourth-order valence-electron chi connectivity index (χ4n) is 1.44. The zero-order chi connectivity index (χ0) is 11.4. The normalized spacial score (nSPS) is 12.4. The van der Waals surface area contributed by atoms with Crippen LogP contribution in [0.2, 0.25) is 0 Å². The summed E-state index contributed by atoms with van der Waals surface area (Å²) in [7, 11) is 0. The van der Waals surface area contributed by atoms with Crippen molar-refractivity contribution in [3.05, 3.63) is 29.3 Å². The summed E-state index contributed by atoms with van der Waals surface area (Å²) in [6.45, 7) is 1.88. The molecule has 1 atom stereocenters. The zero-order valence-electron chi connectivity index (χ0n) is 8.60. The first-order valence-electron chi connectivity index (χ1n) is 4.77. The predicted molar refractivity (Wildman–Crippen MR) is 56.8 cm³/mol. The average molecular weight is 209 g/mol. The largest absolute Gasteiger partial charge is 0.508 e. The van der Waals surface area contributed by atoms with E-state index < -0.39 is 5.97 Å². The topological polar surface area (TPSA) is 83.5 Å². The Morgan fingerprint density at radius 1 is 1.53 bits per heavy atom. The summed E-state index contributed by atoms with van der Waals surface area (Å²) in [6, 6.07) is 4.97. The highest BCUT2D eigenvalue weighted by molar-refractivity contribution is 5.71. The van der Waals surface area contributed by atoms with Gasteiger partial charge >= 0.3 is 5.97 Å². The first kappa shape index (κ1) is 11.5. The highest BCUT2D eigenvalue weighted by atomic mass is 16.4. The molecular weight excluding hydrogens is 194 g/mol. The van der Waals surface area contributed by atoms with Crippen LogP contribution in [0.25, 0.3) is 0 Å². The summed E-state index contributed by atoms with van der Waals surface area (Å²) in [6.07, 6.45) is 0.505. The molecule has 0 aromatic heterocycles. The lowest BCUT2D eigenvalue weighted by Gasteiger charge is -2.08. The number of phenols is 1. The number of hydrogen-bond acceptors (Lipinski definition) is 3. The first-order chi connectivity index (χ1) is 6.99. The Morgan fingerprint density at radius 2 is 2.20 bits per heavy atom. The second kappa shape index (κ2) is 4.79. The second-order valence-corrected chi connectivity index (χ2v) is 3.71. The number of carbonyl (C=O) groups is 1. The van der Waals surface area contributed by atoms with Crippen molar-refractivity contribution in [3.8, 4) is 5.75 Å². The number of benzene rings is 1. The van der Waals surface area contributed by atoms with Gasteiger partial charge in [-0.1, -0.05) is 12.1 Å². The van der Waals surface area contributed by atoms with Gasteiger partial charge in [0.2, 0.25) is 0 Å². The Hall–Kier alpha value is -1.55. The zero-order valence-corrected chi connectivity index (χ0v) is 8.60. The molecule has 0 aliphatic carbocycles. The van der Waals surface area contributed by atoms with Crippen molar-refractivity contribution in [1.82, 2.24) is 0 Å². The number of phenolic OH excluding ortho intramolecular Hbond substituents is 1. The lowest BCUT2D eigenvalue weighted by atomic mass is 10.0. The van der Waals surface area contributed by atoms with Gasteiger partial charge in [-0.15, -0.1) is 0 Å². The minimum atomic E-state index is -0.955. The van der Waals surface area contributed by atoms with Crippen LogP contribution in [0.15, 0.2) is 18.2 Å². The molecule has 1 rings (SSSR count). The van der Waals surface area contributed by atoms with Gasteiger partial charge in [0, 0.05) is 11.6 Å².